The number of amides is 2. The van der Waals surface area contributed by atoms with Gasteiger partial charge in [-0.3, -0.25) is 10.1 Å². The number of hydrogen-bond acceptors (Lipinski definition) is 5. The summed E-state index contributed by atoms with van der Waals surface area (Å²) in [6, 6.07) is -0.387. The summed E-state index contributed by atoms with van der Waals surface area (Å²) in [4.78, 5) is 37.8. The van der Waals surface area contributed by atoms with Gasteiger partial charge < -0.3 is 14.7 Å². The van der Waals surface area contributed by atoms with Gasteiger partial charge in [0.2, 0.25) is 0 Å². The third-order valence-electron chi connectivity index (χ3n) is 4.05. The van der Waals surface area contributed by atoms with Gasteiger partial charge in [-0.25, -0.2) is 9.59 Å². The predicted molar refractivity (Wildman–Crippen MR) is 86.1 cm³/mol. The van der Waals surface area contributed by atoms with Crippen molar-refractivity contribution in [2.75, 3.05) is 25.5 Å². The number of piperidine rings is 1. The Kier molecular flexibility index (Phi) is 5.25. The van der Waals surface area contributed by atoms with Gasteiger partial charge in [0.05, 0.1) is 18.6 Å². The highest BCUT2D eigenvalue weighted by atomic mass is 32.1. The highest BCUT2D eigenvalue weighted by molar-refractivity contribution is 7.16. The molecule has 1 unspecified atom stereocenters. The molecule has 1 aliphatic rings. The maximum atomic E-state index is 12.4. The van der Waals surface area contributed by atoms with E-state index in [1.165, 1.54) is 23.3 Å². The Balaban J connectivity index is 2.16. The number of methoxy groups -OCH3 is 1. The Morgan fingerprint density at radius 1 is 1.35 bits per heavy atom. The first-order valence-corrected chi connectivity index (χ1v) is 8.13. The van der Waals surface area contributed by atoms with E-state index in [0.717, 1.165) is 10.4 Å². The van der Waals surface area contributed by atoms with Gasteiger partial charge in [-0.15, -0.1) is 11.3 Å². The number of ether oxygens (including phenoxy) is 1. The Labute approximate surface area is 138 Å². The molecule has 2 heterocycles. The van der Waals surface area contributed by atoms with Crippen LogP contribution in [-0.4, -0.2) is 48.2 Å². The summed E-state index contributed by atoms with van der Waals surface area (Å²) < 4.78 is 4.77. The molecule has 1 aromatic rings. The first-order valence-electron chi connectivity index (χ1n) is 7.32. The number of rotatable bonds is 3. The highest BCUT2D eigenvalue weighted by Crippen LogP contribution is 2.33. The molecule has 1 atom stereocenters. The SMILES string of the molecule is COC(=O)c1c(NC(=O)N2CCCC(C(=O)O)C2)sc(C)c1C. The molecule has 0 spiro atoms. The van der Waals surface area contributed by atoms with Crippen molar-refractivity contribution < 1.29 is 24.2 Å². The van der Waals surface area contributed by atoms with Crippen molar-refractivity contribution in [3.05, 3.63) is 16.0 Å². The van der Waals surface area contributed by atoms with Gasteiger partial charge in [0.15, 0.2) is 0 Å². The van der Waals surface area contributed by atoms with Crippen LogP contribution in [0.2, 0.25) is 0 Å². The normalized spacial score (nSPS) is 17.7. The minimum Gasteiger partial charge on any atom is -0.481 e. The van der Waals surface area contributed by atoms with Gasteiger partial charge in [-0.1, -0.05) is 0 Å². The standard InChI is InChI=1S/C15H20N2O5S/c1-8-9(2)23-12(11(8)14(20)22-3)16-15(21)17-6-4-5-10(7-17)13(18)19/h10H,4-7H2,1-3H3,(H,16,21)(H,18,19). The molecular formula is C15H20N2O5S. The second-order valence-electron chi connectivity index (χ2n) is 5.53. The molecule has 2 N–H and O–H groups in total. The predicted octanol–water partition coefficient (Wildman–Crippen LogP) is 2.48. The largest absolute Gasteiger partial charge is 0.481 e. The number of esters is 1. The third kappa shape index (κ3) is 3.64. The summed E-state index contributed by atoms with van der Waals surface area (Å²) in [5, 5.41) is 12.3. The Bertz CT molecular complexity index is 640. The monoisotopic (exact) mass is 340 g/mol. The third-order valence-corrected chi connectivity index (χ3v) is 5.18. The zero-order chi connectivity index (χ0) is 17.1. The van der Waals surface area contributed by atoms with Crippen LogP contribution in [0.15, 0.2) is 0 Å². The van der Waals surface area contributed by atoms with Gasteiger partial charge in [0.1, 0.15) is 5.00 Å². The van der Waals surface area contributed by atoms with Crippen molar-refractivity contribution in [3.63, 3.8) is 0 Å². The average Bonchev–Trinajstić information content (AvgIpc) is 2.81. The number of nitrogens with zero attached hydrogens (tertiary/aromatic N) is 1. The average molecular weight is 340 g/mol. The van der Waals surface area contributed by atoms with E-state index in [-0.39, 0.29) is 12.6 Å². The number of anilines is 1. The van der Waals surface area contributed by atoms with E-state index in [1.54, 1.807) is 6.92 Å². The van der Waals surface area contributed by atoms with Gasteiger partial charge in [-0.2, -0.15) is 0 Å². The maximum absolute atomic E-state index is 12.4. The molecule has 1 fully saturated rings. The van der Waals surface area contributed by atoms with Gasteiger partial charge >= 0.3 is 18.0 Å². The number of urea groups is 1. The van der Waals surface area contributed by atoms with Crippen LogP contribution in [0.5, 0.6) is 0 Å². The van der Waals surface area contributed by atoms with Gasteiger partial charge in [0, 0.05) is 18.0 Å². The molecule has 1 saturated heterocycles. The zero-order valence-corrected chi connectivity index (χ0v) is 14.2. The Hall–Kier alpha value is -2.09. The van der Waals surface area contributed by atoms with Crippen LogP contribution in [0.3, 0.4) is 0 Å². The molecule has 0 saturated carbocycles. The molecule has 0 aliphatic carbocycles. The summed E-state index contributed by atoms with van der Waals surface area (Å²) in [6.45, 7) is 4.35. The topological polar surface area (TPSA) is 95.9 Å². The summed E-state index contributed by atoms with van der Waals surface area (Å²) in [6.07, 6.45) is 1.22. The van der Waals surface area contributed by atoms with Crippen molar-refractivity contribution in [2.24, 2.45) is 5.92 Å². The first-order chi connectivity index (χ1) is 10.8. The van der Waals surface area contributed by atoms with Crippen LogP contribution in [-0.2, 0) is 9.53 Å². The fourth-order valence-corrected chi connectivity index (χ4v) is 3.64. The number of thiophene rings is 1. The van der Waals surface area contributed by atoms with Gasteiger partial charge in [-0.05, 0) is 32.3 Å². The molecule has 2 amide bonds. The first kappa shape index (κ1) is 17.3. The van der Waals surface area contributed by atoms with E-state index in [1.807, 2.05) is 6.92 Å². The summed E-state index contributed by atoms with van der Waals surface area (Å²) in [7, 11) is 1.29. The number of carbonyl (C=O) groups excluding carboxylic acids is 2. The second-order valence-corrected chi connectivity index (χ2v) is 6.76. The van der Waals surface area contributed by atoms with Crippen molar-refractivity contribution in [3.8, 4) is 0 Å². The molecule has 1 aliphatic heterocycles. The summed E-state index contributed by atoms with van der Waals surface area (Å²) >= 11 is 1.31. The highest BCUT2D eigenvalue weighted by Gasteiger charge is 2.29. The minimum absolute atomic E-state index is 0.179. The van der Waals surface area contributed by atoms with E-state index in [0.29, 0.717) is 30.0 Å². The summed E-state index contributed by atoms with van der Waals surface area (Å²) in [5.74, 6) is -1.92. The molecule has 23 heavy (non-hydrogen) atoms. The number of carbonyl (C=O) groups is 3. The quantitative estimate of drug-likeness (QED) is 0.824. The lowest BCUT2D eigenvalue weighted by atomic mass is 9.99. The van der Waals surface area contributed by atoms with E-state index in [4.69, 9.17) is 9.84 Å². The Morgan fingerprint density at radius 2 is 2.04 bits per heavy atom. The van der Waals surface area contributed by atoms with Gasteiger partial charge in [0.25, 0.3) is 0 Å². The van der Waals surface area contributed by atoms with Crippen LogP contribution < -0.4 is 5.32 Å². The molecule has 8 heteroatoms. The zero-order valence-electron chi connectivity index (χ0n) is 13.3. The number of likely N-dealkylation sites (tertiary alicyclic amines) is 1. The van der Waals surface area contributed by atoms with Crippen molar-refractivity contribution in [1.29, 1.82) is 0 Å². The lowest BCUT2D eigenvalue weighted by Crippen LogP contribution is -2.44. The van der Waals surface area contributed by atoms with E-state index < -0.39 is 17.9 Å². The molecule has 7 nitrogen and oxygen atoms in total. The van der Waals surface area contributed by atoms with Crippen LogP contribution in [0.1, 0.15) is 33.6 Å². The van der Waals surface area contributed by atoms with E-state index in [2.05, 4.69) is 5.32 Å². The molecule has 0 aromatic carbocycles. The van der Waals surface area contributed by atoms with E-state index in [9.17, 15) is 14.4 Å². The molecule has 126 valence electrons. The number of nitrogens with one attached hydrogen (secondary N) is 1. The number of carboxylic acids is 1. The fourth-order valence-electron chi connectivity index (χ4n) is 2.60. The minimum atomic E-state index is -0.888. The fraction of sp³-hybridized carbons (Fsp3) is 0.533. The maximum Gasteiger partial charge on any atom is 0.341 e. The van der Waals surface area contributed by atoms with Crippen molar-refractivity contribution in [2.45, 2.75) is 26.7 Å². The van der Waals surface area contributed by atoms with Crippen molar-refractivity contribution >= 4 is 34.3 Å². The van der Waals surface area contributed by atoms with Crippen molar-refractivity contribution in [1.82, 2.24) is 4.90 Å². The lowest BCUT2D eigenvalue weighted by Gasteiger charge is -2.30. The van der Waals surface area contributed by atoms with Crippen LogP contribution in [0.25, 0.3) is 0 Å². The molecule has 2 rings (SSSR count). The summed E-state index contributed by atoms with van der Waals surface area (Å²) in [5.41, 5.74) is 1.13. The molecule has 1 aromatic heterocycles. The van der Waals surface area contributed by atoms with Crippen LogP contribution >= 0.6 is 11.3 Å². The second kappa shape index (κ2) is 6.99. The molecule has 0 bridgehead atoms. The smallest absolute Gasteiger partial charge is 0.341 e. The Morgan fingerprint density at radius 3 is 2.65 bits per heavy atom. The van der Waals surface area contributed by atoms with E-state index >= 15 is 0 Å². The number of carboxylic acid groups (broad SMARTS) is 1. The molecule has 0 radical (unpaired) electrons. The number of hydrogen-bond donors (Lipinski definition) is 2. The van der Waals surface area contributed by atoms with Crippen LogP contribution in [0.4, 0.5) is 9.80 Å². The number of aryl methyl sites for hydroxylation is 1. The number of aliphatic carboxylic acids is 1. The molecular weight excluding hydrogens is 320 g/mol. The van der Waals surface area contributed by atoms with Crippen LogP contribution in [0, 0.1) is 19.8 Å². The lowest BCUT2D eigenvalue weighted by molar-refractivity contribution is -0.143.